The molecule has 0 saturated carbocycles. The van der Waals surface area contributed by atoms with Crippen LogP contribution in [-0.2, 0) is 5.41 Å². The number of nitrogens with zero attached hydrogens (tertiary/aromatic N) is 4. The third-order valence-corrected chi connectivity index (χ3v) is 22.6. The summed E-state index contributed by atoms with van der Waals surface area (Å²) >= 11 is 0. The van der Waals surface area contributed by atoms with Crippen molar-refractivity contribution < 1.29 is 25.0 Å². The van der Waals surface area contributed by atoms with Crippen LogP contribution in [0.25, 0.3) is 155 Å². The lowest BCUT2D eigenvalue weighted by Crippen LogP contribution is -2.61. The van der Waals surface area contributed by atoms with E-state index in [2.05, 4.69) is 188 Å². The molecule has 526 valence electrons. The fourth-order valence-electron chi connectivity index (χ4n) is 17.4. The highest BCUT2D eigenvalue weighted by molar-refractivity contribution is 7.00. The van der Waals surface area contributed by atoms with Gasteiger partial charge in [0.1, 0.15) is 11.2 Å². The Bertz CT molecular complexity index is 7880. The van der Waals surface area contributed by atoms with Crippen molar-refractivity contribution in [3.63, 3.8) is 0 Å². The molecule has 17 aromatic carbocycles. The number of hydrogen-bond acceptors (Lipinski definition) is 3. The molecule has 0 atom stereocenters. The molecule has 0 amide bonds. The monoisotopic (exact) mass is 1440 g/mol. The van der Waals surface area contributed by atoms with Gasteiger partial charge in [-0.3, -0.25) is 0 Å². The van der Waals surface area contributed by atoms with Crippen LogP contribution in [0, 0.1) is 0 Å². The average Bonchev–Trinajstić information content (AvgIpc) is 1.28. The predicted molar refractivity (Wildman–Crippen MR) is 473 cm³/mol. The van der Waals surface area contributed by atoms with E-state index >= 15 is 0 Å². The van der Waals surface area contributed by atoms with E-state index < -0.39 is 84.6 Å². The average molecular weight is 1440 g/mol. The van der Waals surface area contributed by atoms with E-state index in [1.54, 1.807) is 9.13 Å². The minimum absolute atomic E-state index is 0.00833. The first-order valence-corrected chi connectivity index (χ1v) is 37.7. The van der Waals surface area contributed by atoms with Crippen LogP contribution in [-0.4, -0.2) is 15.8 Å². The second kappa shape index (κ2) is 25.7. The summed E-state index contributed by atoms with van der Waals surface area (Å²) < 4.78 is 153. The maximum atomic E-state index is 10.0. The topological polar surface area (TPSA) is 29.5 Å². The Labute approximate surface area is 672 Å². The zero-order chi connectivity index (χ0) is 87.3. The van der Waals surface area contributed by atoms with Crippen LogP contribution in [0.3, 0.4) is 0 Å². The quantitative estimate of drug-likeness (QED) is 0.121. The van der Waals surface area contributed by atoms with E-state index in [0.717, 1.165) is 122 Å². The van der Waals surface area contributed by atoms with Gasteiger partial charge in [0.15, 0.2) is 0 Å². The summed E-state index contributed by atoms with van der Waals surface area (Å²) in [6, 6.07) is 94.4. The number of para-hydroxylation sites is 6. The molecule has 5 heterocycles. The van der Waals surface area contributed by atoms with Gasteiger partial charge in [0.05, 0.1) is 54.0 Å². The van der Waals surface area contributed by atoms with Crippen LogP contribution in [0.2, 0.25) is 0 Å². The zero-order valence-corrected chi connectivity index (χ0v) is 61.1. The Morgan fingerprint density at radius 1 is 0.277 bits per heavy atom. The smallest absolute Gasteiger partial charge is 0.252 e. The summed E-state index contributed by atoms with van der Waals surface area (Å²) in [4.78, 5) is 4.69. The second-order valence-electron chi connectivity index (χ2n) is 29.9. The number of benzene rings is 17. The van der Waals surface area contributed by atoms with E-state index in [9.17, 15) is 17.8 Å². The number of hydrogen-bond donors (Lipinski definition) is 0. The molecule has 0 fully saturated rings. The number of fused-ring (bicyclic) bond motifs is 13. The van der Waals surface area contributed by atoms with Gasteiger partial charge in [-0.25, -0.2) is 0 Å². The van der Waals surface area contributed by atoms with Gasteiger partial charge in [-0.2, -0.15) is 0 Å². The normalized spacial score (nSPS) is 14.4. The molecule has 0 saturated heterocycles. The Balaban J connectivity index is 0.954. The number of furan rings is 1. The molecule has 112 heavy (non-hydrogen) atoms. The van der Waals surface area contributed by atoms with Gasteiger partial charge >= 0.3 is 0 Å². The fourth-order valence-corrected chi connectivity index (χ4v) is 17.4. The lowest BCUT2D eigenvalue weighted by atomic mass is 9.33. The lowest BCUT2D eigenvalue weighted by Gasteiger charge is -2.46. The molecule has 20 aromatic rings. The third-order valence-electron chi connectivity index (χ3n) is 22.6. The van der Waals surface area contributed by atoms with Crippen molar-refractivity contribution in [2.75, 3.05) is 9.80 Å². The van der Waals surface area contributed by atoms with Gasteiger partial charge in [0.25, 0.3) is 6.71 Å². The first kappa shape index (κ1) is 51.2. The van der Waals surface area contributed by atoms with Gasteiger partial charge in [-0.15, -0.1) is 0 Å². The molecule has 2 aliphatic heterocycles. The van der Waals surface area contributed by atoms with Crippen molar-refractivity contribution in [2.45, 2.75) is 26.2 Å². The Morgan fingerprint density at radius 3 is 1.16 bits per heavy atom. The van der Waals surface area contributed by atoms with Crippen LogP contribution >= 0.6 is 0 Å². The van der Waals surface area contributed by atoms with E-state index in [4.69, 9.17) is 7.16 Å². The maximum Gasteiger partial charge on any atom is 0.252 e. The molecule has 0 radical (unpaired) electrons. The van der Waals surface area contributed by atoms with Crippen LogP contribution in [0.4, 0.5) is 34.1 Å². The summed E-state index contributed by atoms with van der Waals surface area (Å²) in [5, 5.41) is 1.63. The first-order valence-electron chi connectivity index (χ1n) is 45.2. The maximum absolute atomic E-state index is 10.0. The number of anilines is 6. The summed E-state index contributed by atoms with van der Waals surface area (Å²) in [5.74, 6) is 0. The molecule has 2 aliphatic rings. The van der Waals surface area contributed by atoms with E-state index in [1.807, 2.05) is 133 Å². The summed E-state index contributed by atoms with van der Waals surface area (Å²) in [6.45, 7) is 5.85. The molecule has 0 unspecified atom stereocenters. The van der Waals surface area contributed by atoms with Crippen molar-refractivity contribution >= 4 is 123 Å². The molecule has 5 nitrogen and oxygen atoms in total. The Kier molecular flexibility index (Phi) is 11.8. The van der Waals surface area contributed by atoms with Gasteiger partial charge in [-0.1, -0.05) is 318 Å². The van der Waals surface area contributed by atoms with E-state index in [0.29, 0.717) is 45.3 Å². The molecule has 22 rings (SSSR count). The van der Waals surface area contributed by atoms with Crippen LogP contribution in [0.5, 0.6) is 0 Å². The molecular formula is C106H73BN4O. The minimum atomic E-state index is -0.805. The van der Waals surface area contributed by atoms with Crippen LogP contribution in [0.15, 0.2) is 392 Å². The van der Waals surface area contributed by atoms with E-state index in [1.165, 1.54) is 6.07 Å². The molecule has 6 heteroatoms. The van der Waals surface area contributed by atoms with Crippen molar-refractivity contribution in [3.8, 4) is 89.3 Å². The molecule has 0 bridgehead atoms. The Hall–Kier alpha value is -14.2. The first-order chi connectivity index (χ1) is 61.4. The fraction of sp³-hybridized carbons (Fsp3) is 0.0377. The summed E-state index contributed by atoms with van der Waals surface area (Å²) in [7, 11) is 0. The molecule has 0 N–H and O–H groups in total. The highest BCUT2D eigenvalue weighted by Gasteiger charge is 2.46. The van der Waals surface area contributed by atoms with Gasteiger partial charge in [0.2, 0.25) is 0 Å². The predicted octanol–water partition coefficient (Wildman–Crippen LogP) is 26.8. The molecule has 0 spiro atoms. The molecule has 0 aliphatic carbocycles. The van der Waals surface area contributed by atoms with Gasteiger partial charge in [0, 0.05) is 88.7 Å². The second-order valence-corrected chi connectivity index (χ2v) is 29.9. The Morgan fingerprint density at radius 2 is 0.670 bits per heavy atom. The van der Waals surface area contributed by atoms with Crippen LogP contribution in [0.1, 0.15) is 46.9 Å². The number of rotatable bonds is 11. The lowest BCUT2D eigenvalue weighted by molar-refractivity contribution is 0.591. The van der Waals surface area contributed by atoms with Crippen LogP contribution < -0.4 is 26.2 Å². The molecular weight excluding hydrogens is 1360 g/mol. The third kappa shape index (κ3) is 10.4. The van der Waals surface area contributed by atoms with Crippen molar-refractivity contribution in [3.05, 3.63) is 393 Å². The summed E-state index contributed by atoms with van der Waals surface area (Å²) in [5.41, 5.74) is 21.4. The minimum Gasteiger partial charge on any atom is -0.456 e. The van der Waals surface area contributed by atoms with Crippen molar-refractivity contribution in [2.24, 2.45) is 0 Å². The highest BCUT2D eigenvalue weighted by Crippen LogP contribution is 2.56. The highest BCUT2D eigenvalue weighted by atomic mass is 16.3. The van der Waals surface area contributed by atoms with Gasteiger partial charge < -0.3 is 23.4 Å². The van der Waals surface area contributed by atoms with Crippen molar-refractivity contribution in [1.82, 2.24) is 9.13 Å². The SMILES string of the molecule is [2H]c1cc([2H])c2c(c1[2H])c1c([2H])c([2H])c([2H])c([2H])c1n2-c1ccc2c(c1)N(c1c(-c3ccccc3)cccc1-c1ccccc1)c1cc(-c3ccc4oc5ccccc5c4c3)cc3c1B2c1ccc(-n2c4c([2H])c([2H])c([2H])c([2H])c4c4c([2H])c([2H])c([2H])c([2H])c42)cc1N3c1c(-c2ccc(-c3ccccc3)cc2)cc(C(C)(C)C)cc1-c1ccc(-c2ccccc2)cc1. The van der Waals surface area contributed by atoms with E-state index in [-0.39, 0.29) is 61.7 Å². The summed E-state index contributed by atoms with van der Waals surface area (Å²) in [6.07, 6.45) is 0. The standard InChI is InChI=1S/C106H73BN4O/c1-106(2,3)78-64-88(74-51-47-70(48-52-74)68-27-8-4-9-28-68)105(89(65-78)75-53-49-71(50-54-75)69-29-10-5-11-30-69)111-98-67-80(109-95-44-23-18-37-85(95)86-38-19-24-45-96(86)109)57-59-92(98)107-91-58-56-79(108-93-42-21-16-35-83(93)84-36-17-22-43-94(84)108)66-97(91)110(104-81(72-31-12-6-13-32-72)40-26-41-82(104)73-33-14-7-15-34-73)99-62-77(63-100(111)103(99)107)76-55-60-102-90(61-76)87-39-20-25-46-101(87)112-102/h4-67H,1-3H3/i16D,17D,18D,19D,21D,23D,24D,35D,36D,37D,38D,42D,43D,44D,45D. The molecule has 3 aromatic heterocycles. The zero-order valence-electron chi connectivity index (χ0n) is 76.1. The van der Waals surface area contributed by atoms with Gasteiger partial charge in [-0.05, 0) is 174 Å². The number of aromatic nitrogens is 2. The largest absolute Gasteiger partial charge is 0.456 e. The van der Waals surface area contributed by atoms with Crippen molar-refractivity contribution in [1.29, 1.82) is 0 Å².